The van der Waals surface area contributed by atoms with Crippen molar-refractivity contribution in [3.05, 3.63) is 0 Å². The molecular formula is C18H33N3O3. The van der Waals surface area contributed by atoms with E-state index in [1.807, 2.05) is 25.7 Å². The summed E-state index contributed by atoms with van der Waals surface area (Å²) in [6.07, 6.45) is 2.87. The second-order valence-electron chi connectivity index (χ2n) is 9.50. The van der Waals surface area contributed by atoms with Gasteiger partial charge >= 0.3 is 12.1 Å². The van der Waals surface area contributed by atoms with Crippen LogP contribution in [0, 0.1) is 10.8 Å². The summed E-state index contributed by atoms with van der Waals surface area (Å²) in [6.45, 7) is 13.9. The van der Waals surface area contributed by atoms with Gasteiger partial charge in [-0.05, 0) is 50.9 Å². The third kappa shape index (κ3) is 5.02. The lowest BCUT2D eigenvalue weighted by Gasteiger charge is -2.39. The van der Waals surface area contributed by atoms with E-state index in [0.29, 0.717) is 24.5 Å². The van der Waals surface area contributed by atoms with Gasteiger partial charge in [-0.15, -0.1) is 0 Å². The third-order valence-electron chi connectivity index (χ3n) is 4.75. The number of likely N-dealkylation sites (tertiary alicyclic amines) is 1. The quantitative estimate of drug-likeness (QED) is 0.776. The zero-order chi connectivity index (χ0) is 18.2. The van der Waals surface area contributed by atoms with Gasteiger partial charge in [-0.25, -0.2) is 9.59 Å². The van der Waals surface area contributed by atoms with Gasteiger partial charge in [0.15, 0.2) is 0 Å². The summed E-state index contributed by atoms with van der Waals surface area (Å²) in [5.74, 6) is 0. The smallest absolute Gasteiger partial charge is 0.407 e. The molecule has 0 aromatic heterocycles. The van der Waals surface area contributed by atoms with Crippen LogP contribution in [0.25, 0.3) is 0 Å². The highest BCUT2D eigenvalue weighted by Gasteiger charge is 2.50. The molecule has 2 aliphatic rings. The Morgan fingerprint density at radius 1 is 1.12 bits per heavy atom. The molecule has 2 unspecified atom stereocenters. The highest BCUT2D eigenvalue weighted by atomic mass is 16.6. The Morgan fingerprint density at radius 3 is 2.38 bits per heavy atom. The molecule has 2 rings (SSSR count). The van der Waals surface area contributed by atoms with Crippen LogP contribution in [0.1, 0.15) is 60.8 Å². The Kier molecular flexibility index (Phi) is 5.07. The molecule has 1 saturated carbocycles. The maximum Gasteiger partial charge on any atom is 0.407 e. The zero-order valence-electron chi connectivity index (χ0n) is 16.0. The largest absolute Gasteiger partial charge is 0.444 e. The van der Waals surface area contributed by atoms with E-state index in [2.05, 4.69) is 31.4 Å². The van der Waals surface area contributed by atoms with Crippen LogP contribution < -0.4 is 10.6 Å². The normalized spacial score (nSPS) is 28.4. The van der Waals surface area contributed by atoms with Gasteiger partial charge in [-0.3, -0.25) is 0 Å². The fraction of sp³-hybridized carbons (Fsp3) is 0.889. The van der Waals surface area contributed by atoms with E-state index in [4.69, 9.17) is 4.74 Å². The minimum absolute atomic E-state index is 0.0209. The molecule has 6 heteroatoms. The van der Waals surface area contributed by atoms with E-state index < -0.39 is 11.7 Å². The number of carbonyl (C=O) groups excluding carboxylic acids is 2. The number of hydrogen-bond acceptors (Lipinski definition) is 3. The van der Waals surface area contributed by atoms with Gasteiger partial charge in [-0.2, -0.15) is 0 Å². The fourth-order valence-electron chi connectivity index (χ4n) is 4.45. The number of hydrogen-bond donors (Lipinski definition) is 2. The number of fused-ring (bicyclic) bond motifs is 2. The topological polar surface area (TPSA) is 70.7 Å². The number of carbonyl (C=O) groups is 2. The van der Waals surface area contributed by atoms with Crippen molar-refractivity contribution in [3.8, 4) is 0 Å². The first kappa shape index (κ1) is 18.9. The summed E-state index contributed by atoms with van der Waals surface area (Å²) in [7, 11) is 0. The Labute approximate surface area is 145 Å². The van der Waals surface area contributed by atoms with Crippen molar-refractivity contribution in [1.82, 2.24) is 15.5 Å². The van der Waals surface area contributed by atoms with Crippen molar-refractivity contribution in [2.45, 2.75) is 72.4 Å². The Morgan fingerprint density at radius 2 is 1.75 bits per heavy atom. The van der Waals surface area contributed by atoms with Crippen LogP contribution in [0.15, 0.2) is 0 Å². The van der Waals surface area contributed by atoms with Gasteiger partial charge in [0.1, 0.15) is 5.60 Å². The van der Waals surface area contributed by atoms with Crippen LogP contribution in [-0.4, -0.2) is 48.3 Å². The lowest BCUT2D eigenvalue weighted by atomic mass is 9.65. The SMILES string of the molecule is CC1(C)CC2CC(C)(CN2C(=O)NCCNC(=O)OC(C)(C)C)C1. The van der Waals surface area contributed by atoms with E-state index in [1.54, 1.807) is 0 Å². The number of amides is 3. The number of rotatable bonds is 3. The van der Waals surface area contributed by atoms with Crippen LogP contribution in [0.4, 0.5) is 9.59 Å². The lowest BCUT2D eigenvalue weighted by molar-refractivity contribution is 0.0528. The molecule has 0 spiro atoms. The minimum atomic E-state index is -0.511. The summed E-state index contributed by atoms with van der Waals surface area (Å²) in [4.78, 5) is 26.0. The summed E-state index contributed by atoms with van der Waals surface area (Å²) >= 11 is 0. The van der Waals surface area contributed by atoms with Gasteiger partial charge in [0.2, 0.25) is 0 Å². The van der Waals surface area contributed by atoms with E-state index in [9.17, 15) is 9.59 Å². The van der Waals surface area contributed by atoms with Crippen LogP contribution in [-0.2, 0) is 4.74 Å². The Bertz CT molecular complexity index is 498. The van der Waals surface area contributed by atoms with E-state index in [-0.39, 0.29) is 11.4 Å². The predicted molar refractivity (Wildman–Crippen MR) is 93.9 cm³/mol. The molecule has 1 aliphatic heterocycles. The molecule has 1 saturated heterocycles. The van der Waals surface area contributed by atoms with Gasteiger partial charge in [0.05, 0.1) is 0 Å². The Balaban J connectivity index is 1.75. The molecule has 3 amide bonds. The first-order valence-corrected chi connectivity index (χ1v) is 8.91. The maximum atomic E-state index is 12.5. The zero-order valence-corrected chi connectivity index (χ0v) is 16.0. The molecule has 0 aromatic carbocycles. The van der Waals surface area contributed by atoms with Crippen molar-refractivity contribution in [2.75, 3.05) is 19.6 Å². The van der Waals surface area contributed by atoms with Crippen LogP contribution in [0.5, 0.6) is 0 Å². The molecule has 6 nitrogen and oxygen atoms in total. The standard InChI is InChI=1S/C18H33N3O3/c1-16(2,3)24-15(23)20-8-7-19-14(22)21-12-18(6)10-13(21)9-17(4,5)11-18/h13H,7-12H2,1-6H3,(H,19,22)(H,20,23). The average molecular weight is 339 g/mol. The van der Waals surface area contributed by atoms with Crippen molar-refractivity contribution in [1.29, 1.82) is 0 Å². The first-order chi connectivity index (χ1) is 10.9. The summed E-state index contributed by atoms with van der Waals surface area (Å²) in [5.41, 5.74) is 0.0199. The monoisotopic (exact) mass is 339 g/mol. The van der Waals surface area contributed by atoms with Crippen LogP contribution in [0.3, 0.4) is 0 Å². The highest BCUT2D eigenvalue weighted by molar-refractivity contribution is 5.75. The van der Waals surface area contributed by atoms with E-state index in [0.717, 1.165) is 19.4 Å². The highest BCUT2D eigenvalue weighted by Crippen LogP contribution is 2.52. The van der Waals surface area contributed by atoms with Crippen LogP contribution in [0.2, 0.25) is 0 Å². The summed E-state index contributed by atoms with van der Waals surface area (Å²) in [6, 6.07) is 0.310. The number of urea groups is 1. The molecule has 2 fully saturated rings. The number of ether oxygens (including phenoxy) is 1. The molecular weight excluding hydrogens is 306 g/mol. The Hall–Kier alpha value is -1.46. The second-order valence-corrected chi connectivity index (χ2v) is 9.50. The molecule has 2 atom stereocenters. The van der Waals surface area contributed by atoms with Crippen LogP contribution >= 0.6 is 0 Å². The fourth-order valence-corrected chi connectivity index (χ4v) is 4.45. The minimum Gasteiger partial charge on any atom is -0.444 e. The second kappa shape index (κ2) is 6.45. The van der Waals surface area contributed by atoms with E-state index >= 15 is 0 Å². The van der Waals surface area contributed by atoms with Gasteiger partial charge in [0, 0.05) is 25.7 Å². The van der Waals surface area contributed by atoms with Crippen molar-refractivity contribution >= 4 is 12.1 Å². The molecule has 0 radical (unpaired) electrons. The lowest BCUT2D eigenvalue weighted by Crippen LogP contribution is -2.46. The predicted octanol–water partition coefficient (Wildman–Crippen LogP) is 3.12. The molecule has 24 heavy (non-hydrogen) atoms. The van der Waals surface area contributed by atoms with Crippen molar-refractivity contribution < 1.29 is 14.3 Å². The third-order valence-corrected chi connectivity index (χ3v) is 4.75. The summed E-state index contributed by atoms with van der Waals surface area (Å²) < 4.78 is 5.16. The molecule has 138 valence electrons. The maximum absolute atomic E-state index is 12.5. The van der Waals surface area contributed by atoms with Gasteiger partial charge in [0.25, 0.3) is 0 Å². The molecule has 2 bridgehead atoms. The van der Waals surface area contributed by atoms with Gasteiger partial charge < -0.3 is 20.3 Å². The first-order valence-electron chi connectivity index (χ1n) is 8.91. The molecule has 0 aromatic rings. The van der Waals surface area contributed by atoms with Crippen molar-refractivity contribution in [2.24, 2.45) is 10.8 Å². The van der Waals surface area contributed by atoms with Crippen molar-refractivity contribution in [3.63, 3.8) is 0 Å². The van der Waals surface area contributed by atoms with Gasteiger partial charge in [-0.1, -0.05) is 20.8 Å². The number of alkyl carbamates (subject to hydrolysis) is 1. The number of nitrogens with one attached hydrogen (secondary N) is 2. The van der Waals surface area contributed by atoms with E-state index in [1.165, 1.54) is 6.42 Å². The molecule has 1 heterocycles. The number of nitrogens with zero attached hydrogens (tertiary/aromatic N) is 1. The summed E-state index contributed by atoms with van der Waals surface area (Å²) in [5, 5.41) is 5.57. The molecule has 2 N–H and O–H groups in total. The molecule has 1 aliphatic carbocycles. The average Bonchev–Trinajstić information content (AvgIpc) is 2.61.